The molecule has 1 aromatic rings. The molecule has 21 heavy (non-hydrogen) atoms. The van der Waals surface area contributed by atoms with Crippen LogP contribution in [0.1, 0.15) is 25.1 Å². The highest BCUT2D eigenvalue weighted by molar-refractivity contribution is 7.09. The molecular weight excluding hydrogens is 286 g/mol. The standard InChI is InChI=1S/C15H23N3O2S/c1-11-6-12(2)9-18(8-11)10-14(19)17-15(20)16-7-13-4-3-5-21-13/h3-5,11-12H,6-10H2,1-2H3,(H2,16,17,19,20)/t11-,12-/m1/s1. The number of carbonyl (C=O) groups excluding carboxylic acids is 2. The lowest BCUT2D eigenvalue weighted by atomic mass is 9.92. The van der Waals surface area contributed by atoms with Crippen LogP contribution in [0.2, 0.25) is 0 Å². The third-order valence-electron chi connectivity index (χ3n) is 3.57. The van der Waals surface area contributed by atoms with Gasteiger partial charge in [0.2, 0.25) is 5.91 Å². The van der Waals surface area contributed by atoms with E-state index in [9.17, 15) is 9.59 Å². The highest BCUT2D eigenvalue weighted by Crippen LogP contribution is 2.20. The molecule has 0 aromatic carbocycles. The van der Waals surface area contributed by atoms with Crippen LogP contribution in [0.25, 0.3) is 0 Å². The van der Waals surface area contributed by atoms with E-state index in [1.54, 1.807) is 11.3 Å². The molecular formula is C15H23N3O2S. The Hall–Kier alpha value is -1.40. The third-order valence-corrected chi connectivity index (χ3v) is 4.44. The van der Waals surface area contributed by atoms with E-state index >= 15 is 0 Å². The molecule has 1 aliphatic heterocycles. The maximum absolute atomic E-state index is 11.9. The lowest BCUT2D eigenvalue weighted by molar-refractivity contribution is -0.121. The van der Waals surface area contributed by atoms with Crippen molar-refractivity contribution in [2.75, 3.05) is 19.6 Å². The summed E-state index contributed by atoms with van der Waals surface area (Å²) in [7, 11) is 0. The normalized spacial score (nSPS) is 22.8. The van der Waals surface area contributed by atoms with Crippen LogP contribution in [-0.2, 0) is 11.3 Å². The van der Waals surface area contributed by atoms with Crippen molar-refractivity contribution in [1.82, 2.24) is 15.5 Å². The number of rotatable bonds is 4. The second-order valence-corrected chi connectivity index (χ2v) is 6.98. The molecule has 2 atom stereocenters. The number of piperidine rings is 1. The first-order valence-corrected chi connectivity index (χ1v) is 8.23. The number of thiophene rings is 1. The fourth-order valence-corrected chi connectivity index (χ4v) is 3.56. The second kappa shape index (κ2) is 7.56. The fraction of sp³-hybridized carbons (Fsp3) is 0.600. The topological polar surface area (TPSA) is 61.4 Å². The summed E-state index contributed by atoms with van der Waals surface area (Å²) in [6.45, 7) is 7.00. The molecule has 1 aliphatic rings. The molecule has 5 nitrogen and oxygen atoms in total. The molecule has 0 bridgehead atoms. The molecule has 6 heteroatoms. The van der Waals surface area contributed by atoms with E-state index in [1.807, 2.05) is 17.5 Å². The van der Waals surface area contributed by atoms with Crippen LogP contribution in [0, 0.1) is 11.8 Å². The van der Waals surface area contributed by atoms with Gasteiger partial charge in [0.05, 0.1) is 13.1 Å². The molecule has 2 N–H and O–H groups in total. The minimum atomic E-state index is -0.425. The van der Waals surface area contributed by atoms with Gasteiger partial charge in [0.1, 0.15) is 0 Å². The summed E-state index contributed by atoms with van der Waals surface area (Å²) >= 11 is 1.58. The van der Waals surface area contributed by atoms with E-state index in [0.29, 0.717) is 24.9 Å². The van der Waals surface area contributed by atoms with Gasteiger partial charge in [0, 0.05) is 18.0 Å². The number of nitrogens with zero attached hydrogens (tertiary/aromatic N) is 1. The molecule has 3 amide bonds. The quantitative estimate of drug-likeness (QED) is 0.895. The first-order chi connectivity index (χ1) is 10.0. The summed E-state index contributed by atoms with van der Waals surface area (Å²) in [6, 6.07) is 3.46. The predicted octanol–water partition coefficient (Wildman–Crippen LogP) is 2.05. The number of amides is 3. The maximum atomic E-state index is 11.9. The van der Waals surface area contributed by atoms with Gasteiger partial charge in [-0.15, -0.1) is 11.3 Å². The Labute approximate surface area is 129 Å². The van der Waals surface area contributed by atoms with E-state index in [-0.39, 0.29) is 5.91 Å². The molecule has 1 saturated heterocycles. The lowest BCUT2D eigenvalue weighted by Crippen LogP contribution is -2.47. The Balaban J connectivity index is 1.69. The van der Waals surface area contributed by atoms with Crippen LogP contribution >= 0.6 is 11.3 Å². The Morgan fingerprint density at radius 3 is 2.67 bits per heavy atom. The van der Waals surface area contributed by atoms with E-state index in [1.165, 1.54) is 6.42 Å². The van der Waals surface area contributed by atoms with Gasteiger partial charge in [-0.2, -0.15) is 0 Å². The third kappa shape index (κ3) is 5.47. The zero-order valence-electron chi connectivity index (χ0n) is 12.6. The van der Waals surface area contributed by atoms with Crippen LogP contribution in [-0.4, -0.2) is 36.5 Å². The van der Waals surface area contributed by atoms with Gasteiger partial charge < -0.3 is 5.32 Å². The van der Waals surface area contributed by atoms with Crippen molar-refractivity contribution in [3.63, 3.8) is 0 Å². The van der Waals surface area contributed by atoms with Gasteiger partial charge in [0.15, 0.2) is 0 Å². The van der Waals surface area contributed by atoms with Gasteiger partial charge >= 0.3 is 6.03 Å². The summed E-state index contributed by atoms with van der Waals surface area (Å²) in [6.07, 6.45) is 1.21. The van der Waals surface area contributed by atoms with E-state index in [0.717, 1.165) is 18.0 Å². The van der Waals surface area contributed by atoms with E-state index < -0.39 is 6.03 Å². The Bertz CT molecular complexity index is 465. The monoisotopic (exact) mass is 309 g/mol. The molecule has 2 rings (SSSR count). The van der Waals surface area contributed by atoms with E-state index in [4.69, 9.17) is 0 Å². The zero-order valence-corrected chi connectivity index (χ0v) is 13.4. The number of hydrogen-bond donors (Lipinski definition) is 2. The number of urea groups is 1. The average molecular weight is 309 g/mol. The molecule has 116 valence electrons. The Kier molecular flexibility index (Phi) is 5.76. The highest BCUT2D eigenvalue weighted by atomic mass is 32.1. The minimum absolute atomic E-state index is 0.236. The van der Waals surface area contributed by atoms with Gasteiger partial charge in [-0.25, -0.2) is 4.79 Å². The fourth-order valence-electron chi connectivity index (χ4n) is 2.92. The van der Waals surface area contributed by atoms with Crippen LogP contribution < -0.4 is 10.6 Å². The van der Waals surface area contributed by atoms with Crippen molar-refractivity contribution >= 4 is 23.3 Å². The molecule has 2 heterocycles. The SMILES string of the molecule is C[C@@H]1C[C@@H](C)CN(CC(=O)NC(=O)NCc2cccs2)C1. The molecule has 0 aliphatic carbocycles. The largest absolute Gasteiger partial charge is 0.333 e. The molecule has 1 aromatic heterocycles. The van der Waals surface area contributed by atoms with Crippen molar-refractivity contribution < 1.29 is 9.59 Å². The van der Waals surface area contributed by atoms with Gasteiger partial charge in [-0.3, -0.25) is 15.0 Å². The first kappa shape index (κ1) is 16.0. The number of hydrogen-bond acceptors (Lipinski definition) is 4. The zero-order chi connectivity index (χ0) is 15.2. The van der Waals surface area contributed by atoms with Crippen molar-refractivity contribution in [2.24, 2.45) is 11.8 Å². The summed E-state index contributed by atoms with van der Waals surface area (Å²) in [4.78, 5) is 26.7. The predicted molar refractivity (Wildman–Crippen MR) is 84.1 cm³/mol. The number of nitrogens with one attached hydrogen (secondary N) is 2. The van der Waals surface area contributed by atoms with Gasteiger partial charge in [0.25, 0.3) is 0 Å². The van der Waals surface area contributed by atoms with Gasteiger partial charge in [-0.05, 0) is 29.7 Å². The second-order valence-electron chi connectivity index (χ2n) is 5.95. The molecule has 0 unspecified atom stereocenters. The first-order valence-electron chi connectivity index (χ1n) is 7.35. The molecule has 0 spiro atoms. The highest BCUT2D eigenvalue weighted by Gasteiger charge is 2.23. The smallest absolute Gasteiger partial charge is 0.321 e. The molecule has 1 fully saturated rings. The number of carbonyl (C=O) groups is 2. The maximum Gasteiger partial charge on any atom is 0.321 e. The molecule has 0 saturated carbocycles. The summed E-state index contributed by atoms with van der Waals surface area (Å²) in [5, 5.41) is 7.04. The van der Waals surface area contributed by atoms with Crippen LogP contribution in [0.4, 0.5) is 4.79 Å². The Morgan fingerprint density at radius 1 is 1.33 bits per heavy atom. The van der Waals surface area contributed by atoms with Crippen molar-refractivity contribution in [1.29, 1.82) is 0 Å². The summed E-state index contributed by atoms with van der Waals surface area (Å²) in [5.74, 6) is 0.975. The lowest BCUT2D eigenvalue weighted by Gasteiger charge is -2.34. The van der Waals surface area contributed by atoms with Crippen LogP contribution in [0.3, 0.4) is 0 Å². The number of likely N-dealkylation sites (tertiary alicyclic amines) is 1. The minimum Gasteiger partial charge on any atom is -0.333 e. The van der Waals surface area contributed by atoms with Crippen molar-refractivity contribution in [2.45, 2.75) is 26.8 Å². The van der Waals surface area contributed by atoms with Crippen LogP contribution in [0.5, 0.6) is 0 Å². The van der Waals surface area contributed by atoms with E-state index in [2.05, 4.69) is 29.4 Å². The summed E-state index contributed by atoms with van der Waals surface area (Å²) < 4.78 is 0. The summed E-state index contributed by atoms with van der Waals surface area (Å²) in [5.41, 5.74) is 0. The van der Waals surface area contributed by atoms with Crippen LogP contribution in [0.15, 0.2) is 17.5 Å². The average Bonchev–Trinajstić information content (AvgIpc) is 2.87. The Morgan fingerprint density at radius 2 is 2.05 bits per heavy atom. The van der Waals surface area contributed by atoms with Crippen molar-refractivity contribution in [3.8, 4) is 0 Å². The van der Waals surface area contributed by atoms with Gasteiger partial charge in [-0.1, -0.05) is 19.9 Å². The van der Waals surface area contributed by atoms with Crippen molar-refractivity contribution in [3.05, 3.63) is 22.4 Å². The number of imide groups is 1. The molecule has 0 radical (unpaired) electrons.